The van der Waals surface area contributed by atoms with E-state index in [0.717, 1.165) is 44.2 Å². The first kappa shape index (κ1) is 28.6. The number of rotatable bonds is 9. The molecule has 41 heavy (non-hydrogen) atoms. The fraction of sp³-hybridized carbons (Fsp3) is 0.281. The average molecular weight is 573 g/mol. The van der Waals surface area contributed by atoms with Crippen LogP contribution in [0.15, 0.2) is 72.9 Å². The summed E-state index contributed by atoms with van der Waals surface area (Å²) in [5, 5.41) is 7.64. The lowest BCUT2D eigenvalue weighted by Crippen LogP contribution is -2.26. The number of nitrogens with zero attached hydrogens (tertiary/aromatic N) is 4. The summed E-state index contributed by atoms with van der Waals surface area (Å²) >= 11 is 1.73. The van der Waals surface area contributed by atoms with Crippen molar-refractivity contribution in [2.24, 2.45) is 0 Å². The first-order chi connectivity index (χ1) is 19.7. The number of alkyl halides is 2. The van der Waals surface area contributed by atoms with Crippen LogP contribution in [0.5, 0.6) is 0 Å². The number of halogens is 2. The molecule has 5 heterocycles. The Kier molecular flexibility index (Phi) is 8.28. The second-order valence-corrected chi connectivity index (χ2v) is 11.5. The van der Waals surface area contributed by atoms with E-state index in [0.29, 0.717) is 30.1 Å². The van der Waals surface area contributed by atoms with Gasteiger partial charge in [0.1, 0.15) is 5.52 Å². The molecule has 4 aromatic heterocycles. The summed E-state index contributed by atoms with van der Waals surface area (Å²) in [5.74, 6) is -2.00. The van der Waals surface area contributed by atoms with Crippen LogP contribution >= 0.6 is 11.3 Å². The Labute approximate surface area is 242 Å². The van der Waals surface area contributed by atoms with E-state index >= 15 is 0 Å². The maximum atomic E-state index is 13.7. The van der Waals surface area contributed by atoms with Gasteiger partial charge >= 0.3 is 0 Å². The number of nitrogens with one attached hydrogen (secondary N) is 2. The van der Waals surface area contributed by atoms with Crippen LogP contribution in [-0.4, -0.2) is 55.6 Å². The monoisotopic (exact) mass is 572 g/mol. The van der Waals surface area contributed by atoms with Gasteiger partial charge in [-0.1, -0.05) is 37.0 Å². The molecule has 0 bridgehead atoms. The number of aromatic nitrogens is 5. The molecule has 0 aliphatic carbocycles. The molecule has 1 aliphatic heterocycles. The fourth-order valence-electron chi connectivity index (χ4n) is 4.98. The molecule has 0 amide bonds. The number of allylic oxidation sites excluding steroid dienone is 6. The number of thiophene rings is 1. The van der Waals surface area contributed by atoms with Gasteiger partial charge in [-0.05, 0) is 69.2 Å². The molecule has 5 rings (SSSR count). The summed E-state index contributed by atoms with van der Waals surface area (Å²) in [4.78, 5) is 17.5. The minimum absolute atomic E-state index is 0.108. The Morgan fingerprint density at radius 2 is 2.00 bits per heavy atom. The fourth-order valence-corrected chi connectivity index (χ4v) is 5.88. The highest BCUT2D eigenvalue weighted by Crippen LogP contribution is 2.33. The predicted octanol–water partition coefficient (Wildman–Crippen LogP) is 7.89. The molecule has 4 aromatic rings. The van der Waals surface area contributed by atoms with Gasteiger partial charge in [0, 0.05) is 40.5 Å². The topological polar surface area (TPSA) is 73.5 Å². The molecular weight excluding hydrogens is 538 g/mol. The molecule has 9 heteroatoms. The molecular formula is C32H34F2N6S. The summed E-state index contributed by atoms with van der Waals surface area (Å²) < 4.78 is 27.4. The van der Waals surface area contributed by atoms with Crippen molar-refractivity contribution in [2.45, 2.75) is 40.0 Å². The van der Waals surface area contributed by atoms with Gasteiger partial charge in [-0.3, -0.25) is 10.00 Å². The highest BCUT2D eigenvalue weighted by Gasteiger charge is 2.38. The third kappa shape index (κ3) is 6.21. The number of pyridine rings is 1. The SMILES string of the molecule is C=C/C(=C\C(=C/C)c1ccc2[nH]nc(-c3nc(/C(=C\C=C/C)c4ccc(C)s4)c(C)[nH]3)c2n1)CN1CCC(F)(F)C1. The third-order valence-electron chi connectivity index (χ3n) is 7.10. The smallest absolute Gasteiger partial charge is 0.261 e. The van der Waals surface area contributed by atoms with Crippen LogP contribution in [-0.2, 0) is 0 Å². The summed E-state index contributed by atoms with van der Waals surface area (Å²) in [6.45, 7) is 12.5. The van der Waals surface area contributed by atoms with Crippen molar-refractivity contribution in [3.63, 3.8) is 0 Å². The summed E-state index contributed by atoms with van der Waals surface area (Å²) in [6.07, 6.45) is 11.7. The second-order valence-electron chi connectivity index (χ2n) is 10.2. The maximum Gasteiger partial charge on any atom is 0.261 e. The maximum absolute atomic E-state index is 13.7. The van der Waals surface area contributed by atoms with Gasteiger partial charge in [0.25, 0.3) is 5.92 Å². The number of H-pyrrole nitrogens is 2. The molecule has 0 radical (unpaired) electrons. The first-order valence-electron chi connectivity index (χ1n) is 13.6. The van der Waals surface area contributed by atoms with Crippen molar-refractivity contribution in [3.05, 3.63) is 99.7 Å². The zero-order valence-electron chi connectivity index (χ0n) is 23.8. The number of likely N-dealkylation sites (tertiary alicyclic amines) is 1. The first-order valence-corrected chi connectivity index (χ1v) is 14.4. The molecule has 212 valence electrons. The van der Waals surface area contributed by atoms with Crippen molar-refractivity contribution in [2.75, 3.05) is 19.6 Å². The summed E-state index contributed by atoms with van der Waals surface area (Å²) in [6, 6.07) is 8.11. The van der Waals surface area contributed by atoms with Gasteiger partial charge < -0.3 is 4.98 Å². The molecule has 1 fully saturated rings. The van der Waals surface area contributed by atoms with Crippen molar-refractivity contribution >= 4 is 33.5 Å². The van der Waals surface area contributed by atoms with E-state index in [-0.39, 0.29) is 13.0 Å². The van der Waals surface area contributed by atoms with Crippen LogP contribution in [0.25, 0.3) is 33.7 Å². The van der Waals surface area contributed by atoms with E-state index < -0.39 is 5.92 Å². The molecule has 0 spiro atoms. The number of hydrogen-bond donors (Lipinski definition) is 2. The predicted molar refractivity (Wildman–Crippen MR) is 165 cm³/mol. The van der Waals surface area contributed by atoms with Crippen molar-refractivity contribution in [1.82, 2.24) is 30.0 Å². The zero-order valence-corrected chi connectivity index (χ0v) is 24.6. The van der Waals surface area contributed by atoms with E-state index in [1.54, 1.807) is 22.3 Å². The molecule has 2 N–H and O–H groups in total. The van der Waals surface area contributed by atoms with Crippen LogP contribution in [0.2, 0.25) is 0 Å². The number of aryl methyl sites for hydroxylation is 2. The van der Waals surface area contributed by atoms with Crippen molar-refractivity contribution in [3.8, 4) is 11.5 Å². The third-order valence-corrected chi connectivity index (χ3v) is 8.13. The lowest BCUT2D eigenvalue weighted by molar-refractivity contribution is 0.0131. The highest BCUT2D eigenvalue weighted by atomic mass is 32.1. The number of hydrogen-bond acceptors (Lipinski definition) is 5. The standard InChI is InChI=1S/C32H34F2N6S/c1-6-9-10-24(27-14-11-20(4)41-27)28-21(5)35-31(37-28)30-29-26(38-39-30)13-12-25(36-29)23(8-3)17-22(7-2)18-40-16-15-32(33,34)19-40/h6-14,17H,2,15-16,18-19H2,1,3-5H3,(H,35,37)(H,38,39)/b9-6-,22-17+,23-8+,24-10-. The van der Waals surface area contributed by atoms with Gasteiger partial charge in [0.15, 0.2) is 11.5 Å². The van der Waals surface area contributed by atoms with Crippen LogP contribution in [0.1, 0.15) is 47.1 Å². The van der Waals surface area contributed by atoms with Crippen LogP contribution in [0, 0.1) is 13.8 Å². The molecule has 0 saturated carbocycles. The van der Waals surface area contributed by atoms with E-state index in [1.807, 2.05) is 57.2 Å². The van der Waals surface area contributed by atoms with E-state index in [2.05, 4.69) is 46.9 Å². The van der Waals surface area contributed by atoms with Gasteiger partial charge in [0.05, 0.1) is 23.4 Å². The average Bonchev–Trinajstić information content (AvgIpc) is 3.73. The molecule has 0 atom stereocenters. The normalized spacial score (nSPS) is 16.9. The van der Waals surface area contributed by atoms with Gasteiger partial charge in [-0.15, -0.1) is 11.3 Å². The van der Waals surface area contributed by atoms with Gasteiger partial charge in [-0.25, -0.2) is 18.7 Å². The lowest BCUT2D eigenvalue weighted by Gasteiger charge is -2.16. The Morgan fingerprint density at radius 1 is 1.17 bits per heavy atom. The quantitative estimate of drug-likeness (QED) is 0.200. The van der Waals surface area contributed by atoms with Crippen LogP contribution in [0.3, 0.4) is 0 Å². The van der Waals surface area contributed by atoms with E-state index in [4.69, 9.17) is 9.97 Å². The molecule has 1 aliphatic rings. The molecule has 6 nitrogen and oxygen atoms in total. The highest BCUT2D eigenvalue weighted by molar-refractivity contribution is 7.13. The number of imidazole rings is 1. The van der Waals surface area contributed by atoms with Gasteiger partial charge in [0.2, 0.25) is 0 Å². The molecule has 0 unspecified atom stereocenters. The molecule has 1 saturated heterocycles. The van der Waals surface area contributed by atoms with Crippen LogP contribution < -0.4 is 0 Å². The lowest BCUT2D eigenvalue weighted by atomic mass is 10.1. The Hall–Kier alpha value is -3.95. The van der Waals surface area contributed by atoms with E-state index in [9.17, 15) is 8.78 Å². The van der Waals surface area contributed by atoms with Gasteiger partial charge in [-0.2, -0.15) is 5.10 Å². The summed E-state index contributed by atoms with van der Waals surface area (Å²) in [7, 11) is 0. The van der Waals surface area contributed by atoms with E-state index in [1.165, 1.54) is 4.88 Å². The van der Waals surface area contributed by atoms with Crippen LogP contribution in [0.4, 0.5) is 8.78 Å². The Bertz CT molecular complexity index is 1700. The minimum Gasteiger partial charge on any atom is -0.340 e. The largest absolute Gasteiger partial charge is 0.340 e. The minimum atomic E-state index is -2.63. The Morgan fingerprint density at radius 3 is 2.66 bits per heavy atom. The zero-order chi connectivity index (χ0) is 29.1. The number of fused-ring (bicyclic) bond motifs is 1. The Balaban J connectivity index is 1.49. The van der Waals surface area contributed by atoms with Crippen molar-refractivity contribution in [1.29, 1.82) is 0 Å². The van der Waals surface area contributed by atoms with Crippen molar-refractivity contribution < 1.29 is 8.78 Å². The molecule has 0 aromatic carbocycles. The number of aromatic amines is 2. The second kappa shape index (κ2) is 11.9. The summed E-state index contributed by atoms with van der Waals surface area (Å²) in [5.41, 5.74) is 7.46.